The predicted molar refractivity (Wildman–Crippen MR) is 87.2 cm³/mol. The zero-order valence-electron chi connectivity index (χ0n) is 13.0. The number of nitrogens with zero attached hydrogens (tertiary/aromatic N) is 2. The van der Waals surface area contributed by atoms with Crippen molar-refractivity contribution in [3.63, 3.8) is 0 Å². The van der Waals surface area contributed by atoms with E-state index in [4.69, 9.17) is 5.11 Å². The number of aliphatic carboxylic acids is 1. The summed E-state index contributed by atoms with van der Waals surface area (Å²) in [4.78, 5) is 24.6. The number of nitrogens with one attached hydrogen (secondary N) is 1. The van der Waals surface area contributed by atoms with Crippen molar-refractivity contribution >= 4 is 22.9 Å². The maximum Gasteiger partial charge on any atom is 0.317 e. The third-order valence-corrected chi connectivity index (χ3v) is 4.19. The molecular formula is C17H21N3O3. The van der Waals surface area contributed by atoms with E-state index < -0.39 is 5.97 Å². The largest absolute Gasteiger partial charge is 0.481 e. The Hall–Kier alpha value is -2.50. The second-order valence-corrected chi connectivity index (χ2v) is 5.85. The van der Waals surface area contributed by atoms with Gasteiger partial charge in [-0.3, -0.25) is 4.79 Å². The zero-order chi connectivity index (χ0) is 16.2. The van der Waals surface area contributed by atoms with Gasteiger partial charge in [-0.25, -0.2) is 4.79 Å². The van der Waals surface area contributed by atoms with Crippen LogP contribution in [0, 0.1) is 0 Å². The Morgan fingerprint density at radius 2 is 2.04 bits per heavy atom. The molecule has 2 heterocycles. The summed E-state index contributed by atoms with van der Waals surface area (Å²) in [6.07, 6.45) is 1.44. The highest BCUT2D eigenvalue weighted by Crippen LogP contribution is 2.23. The second-order valence-electron chi connectivity index (χ2n) is 5.85. The fourth-order valence-corrected chi connectivity index (χ4v) is 3.08. The van der Waals surface area contributed by atoms with Crippen molar-refractivity contribution in [1.82, 2.24) is 14.8 Å². The quantitative estimate of drug-likeness (QED) is 0.851. The Labute approximate surface area is 134 Å². The molecule has 0 radical (unpaired) electrons. The van der Waals surface area contributed by atoms with Crippen LogP contribution in [0.15, 0.2) is 30.3 Å². The molecule has 0 unspecified atom stereocenters. The SMILES string of the molecule is O=C(O)CCCNC(=O)N1CCCn2c(cc3ccccc32)C1. The van der Waals surface area contributed by atoms with Gasteiger partial charge in [0.2, 0.25) is 0 Å². The molecule has 0 saturated carbocycles. The van der Waals surface area contributed by atoms with Crippen LogP contribution in [0.25, 0.3) is 10.9 Å². The van der Waals surface area contributed by atoms with Crippen molar-refractivity contribution in [3.8, 4) is 0 Å². The van der Waals surface area contributed by atoms with Crippen molar-refractivity contribution in [1.29, 1.82) is 0 Å². The van der Waals surface area contributed by atoms with Crippen LogP contribution in [0.5, 0.6) is 0 Å². The van der Waals surface area contributed by atoms with Gasteiger partial charge in [-0.05, 0) is 30.4 Å². The number of aryl methyl sites for hydroxylation is 1. The second kappa shape index (κ2) is 6.73. The molecule has 122 valence electrons. The average Bonchev–Trinajstić information content (AvgIpc) is 2.74. The van der Waals surface area contributed by atoms with E-state index in [-0.39, 0.29) is 12.5 Å². The van der Waals surface area contributed by atoms with Crippen LogP contribution < -0.4 is 5.32 Å². The first kappa shape index (κ1) is 15.4. The molecule has 1 aromatic heterocycles. The molecule has 0 spiro atoms. The minimum atomic E-state index is -0.835. The van der Waals surface area contributed by atoms with Crippen molar-refractivity contribution in [2.45, 2.75) is 32.4 Å². The van der Waals surface area contributed by atoms with Gasteiger partial charge >= 0.3 is 12.0 Å². The molecule has 0 aliphatic carbocycles. The molecule has 0 fully saturated rings. The molecule has 2 aromatic rings. The van der Waals surface area contributed by atoms with Crippen molar-refractivity contribution in [3.05, 3.63) is 36.0 Å². The Kier molecular flexibility index (Phi) is 4.50. The maximum absolute atomic E-state index is 12.3. The molecule has 0 saturated heterocycles. The number of carboxylic acids is 1. The van der Waals surface area contributed by atoms with E-state index in [1.165, 1.54) is 10.9 Å². The van der Waals surface area contributed by atoms with Crippen LogP contribution in [0.4, 0.5) is 4.79 Å². The summed E-state index contributed by atoms with van der Waals surface area (Å²) >= 11 is 0. The summed E-state index contributed by atoms with van der Waals surface area (Å²) in [6, 6.07) is 10.3. The van der Waals surface area contributed by atoms with Gasteiger partial charge in [0.15, 0.2) is 0 Å². The van der Waals surface area contributed by atoms with E-state index in [0.29, 0.717) is 26.1 Å². The highest BCUT2D eigenvalue weighted by Gasteiger charge is 2.20. The van der Waals surface area contributed by atoms with E-state index in [1.807, 2.05) is 12.1 Å². The number of carbonyl (C=O) groups excluding carboxylic acids is 1. The summed E-state index contributed by atoms with van der Waals surface area (Å²) < 4.78 is 2.28. The lowest BCUT2D eigenvalue weighted by Crippen LogP contribution is -2.40. The molecule has 2 amide bonds. The van der Waals surface area contributed by atoms with Gasteiger partial charge < -0.3 is 19.9 Å². The minimum Gasteiger partial charge on any atom is -0.481 e. The van der Waals surface area contributed by atoms with Gasteiger partial charge in [-0.2, -0.15) is 0 Å². The first-order chi connectivity index (χ1) is 11.1. The molecule has 3 rings (SSSR count). The fraction of sp³-hybridized carbons (Fsp3) is 0.412. The number of aromatic nitrogens is 1. The van der Waals surface area contributed by atoms with Gasteiger partial charge in [0, 0.05) is 37.3 Å². The summed E-state index contributed by atoms with van der Waals surface area (Å²) in [7, 11) is 0. The summed E-state index contributed by atoms with van der Waals surface area (Å²) in [5.41, 5.74) is 2.36. The number of hydrogen-bond acceptors (Lipinski definition) is 2. The Balaban J connectivity index is 1.66. The summed E-state index contributed by atoms with van der Waals surface area (Å²) in [6.45, 7) is 2.59. The van der Waals surface area contributed by atoms with Gasteiger partial charge in [-0.1, -0.05) is 18.2 Å². The van der Waals surface area contributed by atoms with Crippen molar-refractivity contribution < 1.29 is 14.7 Å². The van der Waals surface area contributed by atoms with E-state index in [1.54, 1.807) is 4.90 Å². The number of carbonyl (C=O) groups is 2. The van der Waals surface area contributed by atoms with Crippen LogP contribution in [-0.4, -0.2) is 39.7 Å². The molecule has 23 heavy (non-hydrogen) atoms. The first-order valence-electron chi connectivity index (χ1n) is 7.97. The monoisotopic (exact) mass is 315 g/mol. The predicted octanol–water partition coefficient (Wildman–Crippen LogP) is 2.42. The topological polar surface area (TPSA) is 74.6 Å². The Morgan fingerprint density at radius 3 is 2.87 bits per heavy atom. The number of benzene rings is 1. The number of amides is 2. The molecule has 1 aromatic carbocycles. The van der Waals surface area contributed by atoms with Crippen LogP contribution in [0.3, 0.4) is 0 Å². The van der Waals surface area contributed by atoms with Gasteiger partial charge in [-0.15, -0.1) is 0 Å². The number of carboxylic acid groups (broad SMARTS) is 1. The molecule has 1 aliphatic rings. The van der Waals surface area contributed by atoms with Gasteiger partial charge in [0.1, 0.15) is 0 Å². The van der Waals surface area contributed by atoms with E-state index in [2.05, 4.69) is 28.1 Å². The van der Waals surface area contributed by atoms with Crippen LogP contribution in [-0.2, 0) is 17.9 Å². The smallest absolute Gasteiger partial charge is 0.317 e. The number of rotatable bonds is 4. The molecule has 0 atom stereocenters. The lowest BCUT2D eigenvalue weighted by Gasteiger charge is -2.20. The third kappa shape index (κ3) is 3.47. The lowest BCUT2D eigenvalue weighted by atomic mass is 10.2. The standard InChI is InChI=1S/C17H21N3O3/c21-16(22)7-3-8-18-17(23)19-9-4-10-20-14(12-19)11-13-5-1-2-6-15(13)20/h1-2,5-6,11H,3-4,7-10,12H2,(H,18,23)(H,21,22). The van der Waals surface area contributed by atoms with Crippen LogP contribution in [0.1, 0.15) is 25.0 Å². The number of fused-ring (bicyclic) bond motifs is 3. The van der Waals surface area contributed by atoms with Crippen molar-refractivity contribution in [2.24, 2.45) is 0 Å². The zero-order valence-corrected chi connectivity index (χ0v) is 13.0. The average molecular weight is 315 g/mol. The highest BCUT2D eigenvalue weighted by atomic mass is 16.4. The van der Waals surface area contributed by atoms with E-state index in [9.17, 15) is 9.59 Å². The number of para-hydroxylation sites is 1. The fourth-order valence-electron chi connectivity index (χ4n) is 3.08. The molecule has 1 aliphatic heterocycles. The molecule has 6 heteroatoms. The molecule has 0 bridgehead atoms. The van der Waals surface area contributed by atoms with Crippen LogP contribution >= 0.6 is 0 Å². The minimum absolute atomic E-state index is 0.0779. The number of urea groups is 1. The highest BCUT2D eigenvalue weighted by molar-refractivity contribution is 5.81. The van der Waals surface area contributed by atoms with Gasteiger partial charge in [0.05, 0.1) is 6.54 Å². The van der Waals surface area contributed by atoms with Crippen LogP contribution in [0.2, 0.25) is 0 Å². The lowest BCUT2D eigenvalue weighted by molar-refractivity contribution is -0.137. The molecule has 2 N–H and O–H groups in total. The first-order valence-corrected chi connectivity index (χ1v) is 7.97. The third-order valence-electron chi connectivity index (χ3n) is 4.19. The Morgan fingerprint density at radius 1 is 1.22 bits per heavy atom. The number of hydrogen-bond donors (Lipinski definition) is 2. The maximum atomic E-state index is 12.3. The molecule has 6 nitrogen and oxygen atoms in total. The molecular weight excluding hydrogens is 294 g/mol. The van der Waals surface area contributed by atoms with E-state index >= 15 is 0 Å². The summed E-state index contributed by atoms with van der Waals surface area (Å²) in [5, 5.41) is 12.6. The van der Waals surface area contributed by atoms with E-state index in [0.717, 1.165) is 18.7 Å². The Bertz CT molecular complexity index is 723. The normalized spacial score (nSPS) is 14.3. The summed E-state index contributed by atoms with van der Waals surface area (Å²) in [5.74, 6) is -0.835. The van der Waals surface area contributed by atoms with Gasteiger partial charge in [0.25, 0.3) is 0 Å². The van der Waals surface area contributed by atoms with Crippen molar-refractivity contribution in [2.75, 3.05) is 13.1 Å².